The Morgan fingerprint density at radius 1 is 0.974 bits per heavy atom. The zero-order chi connectivity index (χ0) is 26.7. The maximum Gasteiger partial charge on any atom is 0.290 e. The van der Waals surface area contributed by atoms with Crippen molar-refractivity contribution in [1.29, 1.82) is 0 Å². The van der Waals surface area contributed by atoms with Crippen molar-refractivity contribution in [2.45, 2.75) is 11.4 Å². The summed E-state index contributed by atoms with van der Waals surface area (Å²) in [5.41, 5.74) is 1.59. The van der Waals surface area contributed by atoms with Crippen molar-refractivity contribution in [1.82, 2.24) is 19.6 Å². The van der Waals surface area contributed by atoms with E-state index in [1.807, 2.05) is 47.2 Å². The second-order valence-electron chi connectivity index (χ2n) is 8.85. The molecule has 0 saturated carbocycles. The number of piperazine rings is 1. The first-order valence-corrected chi connectivity index (χ1v) is 14.2. The lowest BCUT2D eigenvalue weighted by atomic mass is 10.2. The van der Waals surface area contributed by atoms with Gasteiger partial charge in [-0.1, -0.05) is 48.5 Å². The number of rotatable bonds is 7. The molecular weight excluding hydrogens is 524 g/mol. The summed E-state index contributed by atoms with van der Waals surface area (Å²) >= 11 is 0.828. The number of hydrogen-bond donors (Lipinski definition) is 1. The van der Waals surface area contributed by atoms with E-state index in [0.717, 1.165) is 17.3 Å². The first-order valence-electron chi connectivity index (χ1n) is 12.0. The van der Waals surface area contributed by atoms with Crippen LogP contribution in [-0.4, -0.2) is 67.1 Å². The van der Waals surface area contributed by atoms with Crippen LogP contribution in [0.5, 0.6) is 0 Å². The third kappa shape index (κ3) is 5.72. The highest BCUT2D eigenvalue weighted by Gasteiger charge is 2.30. The van der Waals surface area contributed by atoms with E-state index in [9.17, 15) is 18.0 Å². The van der Waals surface area contributed by atoms with Crippen LogP contribution in [0.1, 0.15) is 11.3 Å². The third-order valence-electron chi connectivity index (χ3n) is 6.20. The maximum atomic E-state index is 13.0. The van der Waals surface area contributed by atoms with Crippen LogP contribution in [0.4, 0.5) is 16.6 Å². The summed E-state index contributed by atoms with van der Waals surface area (Å²) in [5.74, 6) is 0.611. The van der Waals surface area contributed by atoms with Crippen molar-refractivity contribution in [2.75, 3.05) is 43.0 Å². The molecule has 0 radical (unpaired) electrons. The normalized spacial score (nSPS) is 17.6. The second-order valence-corrected chi connectivity index (χ2v) is 11.8. The number of carbonyl (C=O) groups excluding carboxylic acids is 2. The van der Waals surface area contributed by atoms with Gasteiger partial charge in [0.25, 0.3) is 11.1 Å². The molecule has 2 fully saturated rings. The zero-order valence-electron chi connectivity index (χ0n) is 20.6. The van der Waals surface area contributed by atoms with E-state index in [0.29, 0.717) is 37.1 Å². The number of anilines is 2. The van der Waals surface area contributed by atoms with Gasteiger partial charge in [0.15, 0.2) is 0 Å². The Kier molecular flexibility index (Phi) is 7.45. The van der Waals surface area contributed by atoms with E-state index in [-0.39, 0.29) is 22.9 Å². The fourth-order valence-corrected chi connectivity index (χ4v) is 6.32. The largest absolute Gasteiger partial charge is 0.355 e. The van der Waals surface area contributed by atoms with E-state index >= 15 is 0 Å². The highest BCUT2D eigenvalue weighted by atomic mass is 32.2. The van der Waals surface area contributed by atoms with Gasteiger partial charge < -0.3 is 9.80 Å². The Balaban J connectivity index is 1.40. The van der Waals surface area contributed by atoms with Gasteiger partial charge in [-0.25, -0.2) is 13.4 Å². The zero-order valence-corrected chi connectivity index (χ0v) is 22.3. The number of nitrogens with zero attached hydrogens (tertiary/aromatic N) is 5. The summed E-state index contributed by atoms with van der Waals surface area (Å²) in [6, 6.07) is 20.1. The molecule has 0 spiro atoms. The molecule has 2 amide bonds. The number of carbonyl (C=O) groups is 2. The smallest absolute Gasteiger partial charge is 0.290 e. The van der Waals surface area contributed by atoms with Crippen molar-refractivity contribution in [3.63, 3.8) is 0 Å². The minimum absolute atomic E-state index is 0.259. The molecule has 0 bridgehead atoms. The number of thioether (sulfide) groups is 1. The molecule has 1 N–H and O–H groups in total. The molecule has 12 heteroatoms. The van der Waals surface area contributed by atoms with E-state index in [1.165, 1.54) is 4.31 Å². The first-order chi connectivity index (χ1) is 18.3. The van der Waals surface area contributed by atoms with Gasteiger partial charge in [0.2, 0.25) is 16.0 Å². The van der Waals surface area contributed by atoms with Crippen LogP contribution in [0.3, 0.4) is 0 Å². The Morgan fingerprint density at radius 2 is 1.63 bits per heavy atom. The van der Waals surface area contributed by atoms with E-state index < -0.39 is 21.2 Å². The molecule has 3 aromatic rings. The van der Waals surface area contributed by atoms with Crippen molar-refractivity contribution < 1.29 is 18.0 Å². The molecule has 10 nitrogen and oxygen atoms in total. The third-order valence-corrected chi connectivity index (χ3v) is 8.92. The molecular formula is C26H26N6O4S2. The first kappa shape index (κ1) is 25.9. The van der Waals surface area contributed by atoms with Crippen LogP contribution < -0.4 is 15.1 Å². The van der Waals surface area contributed by atoms with Gasteiger partial charge in [-0.3, -0.25) is 14.9 Å². The van der Waals surface area contributed by atoms with Gasteiger partial charge in [-0.05, 0) is 35.5 Å². The van der Waals surface area contributed by atoms with Gasteiger partial charge in [0.05, 0.1) is 15.5 Å². The molecule has 3 heterocycles. The summed E-state index contributed by atoms with van der Waals surface area (Å²) in [6.45, 7) is 1.98. The average molecular weight is 551 g/mol. The van der Waals surface area contributed by atoms with Gasteiger partial charge in [-0.15, -0.1) is 0 Å². The Hall–Kier alpha value is -3.74. The van der Waals surface area contributed by atoms with Crippen LogP contribution in [0.25, 0.3) is 6.08 Å². The monoisotopic (exact) mass is 550 g/mol. The summed E-state index contributed by atoms with van der Waals surface area (Å²) in [6.07, 6.45) is 1.58. The van der Waals surface area contributed by atoms with Crippen molar-refractivity contribution in [2.24, 2.45) is 0 Å². The highest BCUT2D eigenvalue weighted by molar-refractivity contribution is 8.18. The second kappa shape index (κ2) is 10.9. The molecule has 0 aliphatic carbocycles. The fourth-order valence-electron chi connectivity index (χ4n) is 4.21. The summed E-state index contributed by atoms with van der Waals surface area (Å²) in [5, 5.41) is 1.83. The Bertz CT molecular complexity index is 1470. The number of benzene rings is 2. The van der Waals surface area contributed by atoms with Crippen LogP contribution in [0.15, 0.2) is 76.5 Å². The molecule has 2 aliphatic heterocycles. The minimum Gasteiger partial charge on any atom is -0.355 e. The SMILES string of the molecule is CN(Cc1ccccc1)c1cc(/C=C2\SC(=O)NC2=O)nc(N2CCN(S(=O)(=O)c3ccccc3)CC2)n1. The van der Waals surface area contributed by atoms with Gasteiger partial charge in [-0.2, -0.15) is 9.29 Å². The predicted octanol–water partition coefficient (Wildman–Crippen LogP) is 2.95. The highest BCUT2D eigenvalue weighted by Crippen LogP contribution is 2.28. The molecule has 5 rings (SSSR count). The van der Waals surface area contributed by atoms with E-state index in [1.54, 1.807) is 42.5 Å². The van der Waals surface area contributed by atoms with Crippen LogP contribution >= 0.6 is 11.8 Å². The van der Waals surface area contributed by atoms with E-state index in [4.69, 9.17) is 4.98 Å². The predicted molar refractivity (Wildman–Crippen MR) is 147 cm³/mol. The van der Waals surface area contributed by atoms with Crippen molar-refractivity contribution in [3.8, 4) is 0 Å². The Labute approximate surface area is 225 Å². The molecule has 2 saturated heterocycles. The number of imide groups is 1. The molecule has 0 atom stereocenters. The van der Waals surface area contributed by atoms with Gasteiger partial charge in [0.1, 0.15) is 5.82 Å². The minimum atomic E-state index is -3.59. The van der Waals surface area contributed by atoms with Crippen LogP contribution in [-0.2, 0) is 21.4 Å². The van der Waals surface area contributed by atoms with Gasteiger partial charge in [0, 0.05) is 45.8 Å². The Morgan fingerprint density at radius 3 is 2.26 bits per heavy atom. The number of amides is 2. The topological polar surface area (TPSA) is 116 Å². The van der Waals surface area contributed by atoms with E-state index in [2.05, 4.69) is 10.3 Å². The number of aromatic nitrogens is 2. The summed E-state index contributed by atoms with van der Waals surface area (Å²) in [4.78, 5) is 37.7. The lowest BCUT2D eigenvalue weighted by molar-refractivity contribution is -0.115. The lowest BCUT2D eigenvalue weighted by Crippen LogP contribution is -2.49. The number of sulfonamides is 1. The molecule has 0 unspecified atom stereocenters. The number of hydrogen-bond acceptors (Lipinski definition) is 9. The average Bonchev–Trinajstić information content (AvgIpc) is 3.25. The van der Waals surface area contributed by atoms with Crippen LogP contribution in [0.2, 0.25) is 0 Å². The molecule has 2 aliphatic rings. The lowest BCUT2D eigenvalue weighted by Gasteiger charge is -2.34. The summed E-state index contributed by atoms with van der Waals surface area (Å²) in [7, 11) is -1.67. The molecule has 1 aromatic heterocycles. The maximum absolute atomic E-state index is 13.0. The molecule has 2 aromatic carbocycles. The molecule has 196 valence electrons. The summed E-state index contributed by atoms with van der Waals surface area (Å²) < 4.78 is 27.6. The van der Waals surface area contributed by atoms with Crippen molar-refractivity contribution >= 4 is 50.8 Å². The van der Waals surface area contributed by atoms with Crippen LogP contribution in [0, 0.1) is 0 Å². The quantitative estimate of drug-likeness (QED) is 0.443. The fraction of sp³-hybridized carbons (Fsp3) is 0.231. The number of nitrogens with one attached hydrogen (secondary N) is 1. The standard InChI is InChI=1S/C26H26N6O4S2/c1-30(18-19-8-4-2-5-9-19)23-17-20(16-22-24(33)29-26(34)37-22)27-25(28-23)31-12-14-32(15-13-31)38(35,36)21-10-6-3-7-11-21/h2-11,16-17H,12-15,18H2,1H3,(H,29,33,34)/b22-16-. The van der Waals surface area contributed by atoms with Gasteiger partial charge >= 0.3 is 0 Å². The van der Waals surface area contributed by atoms with Crippen molar-refractivity contribution in [3.05, 3.63) is 82.9 Å². The molecule has 38 heavy (non-hydrogen) atoms.